The van der Waals surface area contributed by atoms with Crippen LogP contribution in [-0.2, 0) is 0 Å². The molecular weight excluding hydrogens is 2520 g/mol. The van der Waals surface area contributed by atoms with E-state index < -0.39 is 0 Å². The van der Waals surface area contributed by atoms with Gasteiger partial charge in [-0.05, 0) is 0 Å². The lowest BCUT2D eigenvalue weighted by molar-refractivity contribution is 0.682. The molecule has 1 atom stereocenters. The van der Waals surface area contributed by atoms with Crippen LogP contribution in [0.1, 0.15) is 0 Å². The van der Waals surface area contributed by atoms with E-state index in [4.69, 9.17) is 0 Å². The maximum absolute atomic E-state index is 2.75. The van der Waals surface area contributed by atoms with E-state index in [0.717, 1.165) is 0 Å². The summed E-state index contributed by atoms with van der Waals surface area (Å²) < 4.78 is 0.624. The molecule has 0 saturated carbocycles. The van der Waals surface area contributed by atoms with Gasteiger partial charge in [-0.25, -0.2) is 0 Å². The zero-order valence-corrected chi connectivity index (χ0v) is 52.8. The van der Waals surface area contributed by atoms with Gasteiger partial charge in [0.25, 0.3) is 0 Å². The lowest BCUT2D eigenvalue weighted by atomic mass is 10.1. The van der Waals surface area contributed by atoms with Gasteiger partial charge in [-0.3, -0.25) is 0 Å². The second-order valence-corrected chi connectivity index (χ2v) is 60.5. The fourth-order valence-electron chi connectivity index (χ4n) is 1.34. The van der Waals surface area contributed by atoms with E-state index in [-0.39, 0.29) is 7.44 Å². The Morgan fingerprint density at radius 3 is 0.857 bits per heavy atom. The number of alkyl halides is 19. The van der Waals surface area contributed by atoms with E-state index in [1.807, 2.05) is 0 Å². The highest BCUT2D eigenvalue weighted by Crippen LogP contribution is 2.78. The minimum Gasteiger partial charge on any atom is -0.0770 e. The molecule has 0 bridgehead atoms. The van der Waals surface area contributed by atoms with Crippen molar-refractivity contribution < 1.29 is 0 Å². The van der Waals surface area contributed by atoms with E-state index in [1.54, 1.807) is 0 Å². The van der Waals surface area contributed by atoms with Gasteiger partial charge < -0.3 is 0 Å². The molecule has 19 heteroatoms. The first kappa shape index (κ1) is 41.9. The SMILES string of the molecule is IC(C(I)(I)I)C(I)(I)C(I)(I)C(I)(I)C(I)(I)C(I)(I)C(I)(I)C(I)(I)I. The van der Waals surface area contributed by atoms with Crippen LogP contribution in [0.5, 0.6) is 0 Å². The summed E-state index contributed by atoms with van der Waals surface area (Å²) in [5, 5.41) is 0. The Morgan fingerprint density at radius 1 is 0.357 bits per heavy atom. The molecule has 0 radical (unpaired) electrons. The molecule has 0 aliphatic rings. The highest BCUT2D eigenvalue weighted by atomic mass is 127. The Hall–Kier alpha value is 13.9. The Kier molecular flexibility index (Phi) is 23.1. The third-order valence-corrected chi connectivity index (χ3v) is 61.0. The van der Waals surface area contributed by atoms with Crippen LogP contribution in [0.25, 0.3) is 0 Å². The molecule has 1 unspecified atom stereocenters. The summed E-state index contributed by atoms with van der Waals surface area (Å²) in [6, 6.07) is 0. The molecule has 0 aromatic carbocycles. The molecule has 170 valence electrons. The summed E-state index contributed by atoms with van der Waals surface area (Å²) in [6.45, 7) is 0. The molecule has 0 amide bonds. The van der Waals surface area contributed by atoms with Crippen LogP contribution >= 0.6 is 429 Å². The first-order valence-corrected chi connectivity index (χ1v) is 26.4. The summed E-state index contributed by atoms with van der Waals surface area (Å²) in [4.78, 5) is 0. The normalized spacial score (nSPS) is 17.7. The third kappa shape index (κ3) is 9.44. The summed E-state index contributed by atoms with van der Waals surface area (Å²) >= 11 is 51.0. The van der Waals surface area contributed by atoms with Crippen LogP contribution in [0.4, 0.5) is 0 Å². The first-order valence-electron chi connectivity index (χ1n) is 5.70. The quantitative estimate of drug-likeness (QED) is 0.168. The standard InChI is InChI=1S/C9HI19/c10-1(3(13,14)15)2(11,12)4(16,17)5(18,19)6(20,21)7(22,23)8(24,25)9(26,27)28/h1H. The Balaban J connectivity index is 6.64. The number of hydrogen-bond acceptors (Lipinski definition) is 0. The summed E-state index contributed by atoms with van der Waals surface area (Å²) in [5.74, 6) is 0. The second-order valence-electron chi connectivity index (χ2n) is 4.90. The van der Waals surface area contributed by atoms with Crippen LogP contribution < -0.4 is 0 Å². The van der Waals surface area contributed by atoms with Crippen LogP contribution in [0.15, 0.2) is 0 Å². The maximum atomic E-state index is 2.75. The zero-order chi connectivity index (χ0) is 23.6. The van der Waals surface area contributed by atoms with Crippen LogP contribution in [0.2, 0.25) is 0 Å². The molecule has 0 aliphatic heterocycles. The first-order chi connectivity index (χ1) is 11.7. The van der Waals surface area contributed by atoms with Gasteiger partial charge in [0, 0.05) is 0 Å². The van der Waals surface area contributed by atoms with E-state index in [0.29, 0.717) is 3.92 Å². The van der Waals surface area contributed by atoms with Gasteiger partial charge >= 0.3 is 0 Å². The van der Waals surface area contributed by atoms with Crippen molar-refractivity contribution in [3.05, 3.63) is 0 Å². The predicted molar refractivity (Wildman–Crippen MR) is 292 cm³/mol. The second kappa shape index (κ2) is 15.4. The van der Waals surface area contributed by atoms with Crippen molar-refractivity contribution in [1.29, 1.82) is 0 Å². The number of rotatable bonds is 8. The molecule has 0 N–H and O–H groups in total. The summed E-state index contributed by atoms with van der Waals surface area (Å²) in [7, 11) is 0. The van der Waals surface area contributed by atoms with Crippen molar-refractivity contribution in [2.24, 2.45) is 0 Å². The lowest BCUT2D eigenvalue weighted by Gasteiger charge is -2.57. The number of hydrogen-bond donors (Lipinski definition) is 0. The predicted octanol–water partition coefficient (Wildman–Crippen LogP) is 15.1. The molecule has 0 aromatic rings. The maximum Gasteiger partial charge on any atom is 0.149 e. The summed E-state index contributed by atoms with van der Waals surface area (Å²) in [6.07, 6.45) is 0. The van der Waals surface area contributed by atoms with Gasteiger partial charge in [-0.2, -0.15) is 0 Å². The largest absolute Gasteiger partial charge is 0.149 e. The topological polar surface area (TPSA) is 0 Å². The molecule has 28 heavy (non-hydrogen) atoms. The fraction of sp³-hybridized carbons (Fsp3) is 1.00. The Labute approximate surface area is 426 Å². The fourth-order valence-corrected chi connectivity index (χ4v) is 29.4. The molecule has 0 rings (SSSR count). The van der Waals surface area contributed by atoms with Crippen molar-refractivity contribution in [3.8, 4) is 0 Å². The summed E-state index contributed by atoms with van der Waals surface area (Å²) in [5.41, 5.74) is 0. The van der Waals surface area contributed by atoms with E-state index in [9.17, 15) is 0 Å². The number of halogens is 19. The Morgan fingerprint density at radius 2 is 0.607 bits per heavy atom. The van der Waals surface area contributed by atoms with Crippen LogP contribution in [0, 0.1) is 0 Å². The molecule has 0 spiro atoms. The van der Waals surface area contributed by atoms with Gasteiger partial charge in [0.2, 0.25) is 0 Å². The van der Waals surface area contributed by atoms with E-state index in [2.05, 4.69) is 429 Å². The monoisotopic (exact) mass is 2520 g/mol. The smallest absolute Gasteiger partial charge is 0.0770 e. The van der Waals surface area contributed by atoms with Crippen LogP contribution in [0.3, 0.4) is 0 Å². The zero-order valence-electron chi connectivity index (χ0n) is 11.8. The molecule has 0 aliphatic carbocycles. The minimum atomic E-state index is -0.0439. The van der Waals surface area contributed by atoms with Crippen molar-refractivity contribution in [1.82, 2.24) is 0 Å². The molecule has 0 fully saturated rings. The van der Waals surface area contributed by atoms with Gasteiger partial charge in [0.05, 0.1) is 3.92 Å². The minimum absolute atomic E-state index is 0.0196. The van der Waals surface area contributed by atoms with Gasteiger partial charge in [0.1, 0.15) is 7.44 Å². The highest BCUT2D eigenvalue weighted by Gasteiger charge is 2.75. The van der Waals surface area contributed by atoms with Gasteiger partial charge in [-0.1, -0.05) is 429 Å². The van der Waals surface area contributed by atoms with Gasteiger partial charge in [-0.15, -0.1) is 0 Å². The Bertz CT molecular complexity index is 561. The van der Waals surface area contributed by atoms with Crippen molar-refractivity contribution in [2.75, 3.05) is 0 Å². The molecule has 0 saturated heterocycles. The van der Waals surface area contributed by atoms with Crippen LogP contribution in [-0.4, -0.2) is 11.4 Å². The lowest BCUT2D eigenvalue weighted by Crippen LogP contribution is -2.67. The van der Waals surface area contributed by atoms with Crippen molar-refractivity contribution >= 4 is 429 Å². The van der Waals surface area contributed by atoms with Crippen molar-refractivity contribution in [3.63, 3.8) is 0 Å². The van der Waals surface area contributed by atoms with E-state index >= 15 is 0 Å². The van der Waals surface area contributed by atoms with Crippen molar-refractivity contribution in [2.45, 2.75) is 11.4 Å². The molecule has 0 aromatic heterocycles. The average Bonchev–Trinajstić information content (AvgIpc) is 2.42. The molecular formula is C9HI19. The van der Waals surface area contributed by atoms with Gasteiger partial charge in [0.15, 0.2) is 0 Å². The molecule has 0 nitrogen and oxygen atoms in total. The highest BCUT2D eigenvalue weighted by molar-refractivity contribution is 14.3. The molecule has 0 heterocycles. The average molecular weight is 2520 g/mol. The van der Waals surface area contributed by atoms with E-state index in [1.165, 1.54) is 0 Å². The third-order valence-electron chi connectivity index (χ3n) is 2.96.